The molecule has 0 amide bonds. The van der Waals surface area contributed by atoms with Crippen LogP contribution in [0.5, 0.6) is 11.5 Å². The SMILES string of the molecule is COc1ccc(-c2oc3ccccc3c(=O)c2OCC(=O)c2ccc(Cl)cc2Cl)cc1. The topological polar surface area (TPSA) is 65.7 Å². The third-order valence-electron chi connectivity index (χ3n) is 4.69. The van der Waals surface area contributed by atoms with Gasteiger partial charge in [-0.2, -0.15) is 0 Å². The molecule has 31 heavy (non-hydrogen) atoms. The summed E-state index contributed by atoms with van der Waals surface area (Å²) in [5.74, 6) is 0.431. The quantitative estimate of drug-likeness (QED) is 0.332. The van der Waals surface area contributed by atoms with Crippen LogP contribution < -0.4 is 14.9 Å². The highest BCUT2D eigenvalue weighted by Crippen LogP contribution is 2.32. The number of hydrogen-bond acceptors (Lipinski definition) is 5. The minimum atomic E-state index is -0.395. The highest BCUT2D eigenvalue weighted by molar-refractivity contribution is 6.36. The fraction of sp³-hybridized carbons (Fsp3) is 0.0833. The molecule has 0 aliphatic heterocycles. The number of carbonyl (C=O) groups excluding carboxylic acids is 1. The highest BCUT2D eigenvalue weighted by atomic mass is 35.5. The number of ketones is 1. The smallest absolute Gasteiger partial charge is 0.235 e. The van der Waals surface area contributed by atoms with Gasteiger partial charge in [-0.05, 0) is 54.6 Å². The summed E-state index contributed by atoms with van der Waals surface area (Å²) in [5, 5.41) is 0.980. The zero-order valence-corrected chi connectivity index (χ0v) is 17.9. The lowest BCUT2D eigenvalue weighted by atomic mass is 10.1. The van der Waals surface area contributed by atoms with Gasteiger partial charge >= 0.3 is 0 Å². The Hall–Kier alpha value is -3.28. The Morgan fingerprint density at radius 2 is 1.74 bits per heavy atom. The number of hydrogen-bond donors (Lipinski definition) is 0. The summed E-state index contributed by atoms with van der Waals surface area (Å²) in [6, 6.07) is 18.4. The van der Waals surface area contributed by atoms with E-state index in [-0.39, 0.29) is 27.5 Å². The van der Waals surface area contributed by atoms with Gasteiger partial charge < -0.3 is 13.9 Å². The van der Waals surface area contributed by atoms with Gasteiger partial charge in [-0.25, -0.2) is 0 Å². The number of methoxy groups -OCH3 is 1. The molecule has 0 atom stereocenters. The van der Waals surface area contributed by atoms with Gasteiger partial charge in [-0.3, -0.25) is 9.59 Å². The van der Waals surface area contributed by atoms with E-state index in [4.69, 9.17) is 37.1 Å². The summed E-state index contributed by atoms with van der Waals surface area (Å²) < 4.78 is 16.9. The molecule has 0 aliphatic carbocycles. The van der Waals surface area contributed by atoms with Crippen LogP contribution in [-0.2, 0) is 0 Å². The molecule has 0 bridgehead atoms. The van der Waals surface area contributed by atoms with Crippen LogP contribution in [-0.4, -0.2) is 19.5 Å². The van der Waals surface area contributed by atoms with Gasteiger partial charge in [0.15, 0.2) is 12.4 Å². The molecule has 0 radical (unpaired) electrons. The Kier molecular flexibility index (Phi) is 5.98. The van der Waals surface area contributed by atoms with Crippen LogP contribution in [0.2, 0.25) is 10.0 Å². The maximum absolute atomic E-state index is 13.1. The van der Waals surface area contributed by atoms with Crippen molar-refractivity contribution in [2.24, 2.45) is 0 Å². The lowest BCUT2D eigenvalue weighted by molar-refractivity contribution is 0.0920. The average Bonchev–Trinajstić information content (AvgIpc) is 2.78. The van der Waals surface area contributed by atoms with Gasteiger partial charge in [0, 0.05) is 16.1 Å². The zero-order valence-electron chi connectivity index (χ0n) is 16.4. The van der Waals surface area contributed by atoms with E-state index in [1.807, 2.05) is 0 Å². The molecule has 0 aliphatic rings. The number of ether oxygens (including phenoxy) is 2. The predicted octanol–water partition coefficient (Wildman–Crippen LogP) is 6.04. The molecule has 0 saturated heterocycles. The summed E-state index contributed by atoms with van der Waals surface area (Å²) in [6.07, 6.45) is 0. The molecule has 4 aromatic rings. The number of halogens is 2. The van der Waals surface area contributed by atoms with Crippen LogP contribution in [0.25, 0.3) is 22.3 Å². The molecule has 3 aromatic carbocycles. The van der Waals surface area contributed by atoms with E-state index < -0.39 is 12.4 Å². The Balaban J connectivity index is 1.75. The van der Waals surface area contributed by atoms with Gasteiger partial charge in [0.2, 0.25) is 17.0 Å². The van der Waals surface area contributed by atoms with E-state index in [0.29, 0.717) is 27.3 Å². The van der Waals surface area contributed by atoms with Crippen molar-refractivity contribution < 1.29 is 18.7 Å². The summed E-state index contributed by atoms with van der Waals surface area (Å²) in [4.78, 5) is 25.8. The third kappa shape index (κ3) is 4.29. The summed E-state index contributed by atoms with van der Waals surface area (Å²) >= 11 is 12.0. The number of carbonyl (C=O) groups is 1. The van der Waals surface area contributed by atoms with Crippen LogP contribution in [0.15, 0.2) is 75.9 Å². The average molecular weight is 455 g/mol. The standard InChI is InChI=1S/C24H16Cl2O5/c1-29-16-9-6-14(7-10-16)23-24(22(28)18-4-2-3-5-21(18)31-23)30-13-20(27)17-11-8-15(25)12-19(17)26/h2-12H,13H2,1H3. The molecule has 0 saturated carbocycles. The van der Waals surface area contributed by atoms with E-state index in [0.717, 1.165) is 0 Å². The van der Waals surface area contributed by atoms with Crippen molar-refractivity contribution in [1.29, 1.82) is 0 Å². The normalized spacial score (nSPS) is 10.8. The van der Waals surface area contributed by atoms with E-state index in [1.165, 1.54) is 12.1 Å². The van der Waals surface area contributed by atoms with Crippen molar-refractivity contribution in [2.75, 3.05) is 13.7 Å². The maximum atomic E-state index is 13.1. The number of fused-ring (bicyclic) bond motifs is 1. The molecular formula is C24H16Cl2O5. The molecular weight excluding hydrogens is 439 g/mol. The van der Waals surface area contributed by atoms with E-state index in [1.54, 1.807) is 61.7 Å². The second kappa shape index (κ2) is 8.84. The molecule has 0 fully saturated rings. The molecule has 0 N–H and O–H groups in total. The zero-order chi connectivity index (χ0) is 22.0. The van der Waals surface area contributed by atoms with Gasteiger partial charge in [0.1, 0.15) is 11.3 Å². The third-order valence-corrected chi connectivity index (χ3v) is 5.24. The van der Waals surface area contributed by atoms with Gasteiger partial charge in [-0.15, -0.1) is 0 Å². The van der Waals surface area contributed by atoms with Crippen molar-refractivity contribution in [3.05, 3.63) is 92.6 Å². The van der Waals surface area contributed by atoms with Crippen LogP contribution >= 0.6 is 23.2 Å². The van der Waals surface area contributed by atoms with Crippen molar-refractivity contribution in [3.63, 3.8) is 0 Å². The first-order valence-electron chi connectivity index (χ1n) is 9.29. The lowest BCUT2D eigenvalue weighted by Gasteiger charge is -2.12. The summed E-state index contributed by atoms with van der Waals surface area (Å²) in [6.45, 7) is -0.395. The van der Waals surface area contributed by atoms with E-state index >= 15 is 0 Å². The second-order valence-electron chi connectivity index (χ2n) is 6.65. The number of para-hydroxylation sites is 1. The van der Waals surface area contributed by atoms with E-state index in [2.05, 4.69) is 0 Å². The Morgan fingerprint density at radius 1 is 1.00 bits per heavy atom. The van der Waals surface area contributed by atoms with Crippen molar-refractivity contribution in [3.8, 4) is 22.8 Å². The summed E-state index contributed by atoms with van der Waals surface area (Å²) in [7, 11) is 1.56. The molecule has 5 nitrogen and oxygen atoms in total. The molecule has 0 spiro atoms. The maximum Gasteiger partial charge on any atom is 0.235 e. The molecule has 156 valence electrons. The van der Waals surface area contributed by atoms with Crippen LogP contribution in [0.3, 0.4) is 0 Å². The number of Topliss-reactive ketones (excluding diaryl/α,β-unsaturated/α-hetero) is 1. The van der Waals surface area contributed by atoms with Crippen molar-refractivity contribution in [1.82, 2.24) is 0 Å². The van der Waals surface area contributed by atoms with Crippen LogP contribution in [0, 0.1) is 0 Å². The van der Waals surface area contributed by atoms with E-state index in [9.17, 15) is 9.59 Å². The Bertz CT molecular complexity index is 1330. The first kappa shape index (κ1) is 21.0. The molecule has 4 rings (SSSR count). The van der Waals surface area contributed by atoms with Gasteiger partial charge in [-0.1, -0.05) is 35.3 Å². The van der Waals surface area contributed by atoms with Crippen molar-refractivity contribution in [2.45, 2.75) is 0 Å². The fourth-order valence-electron chi connectivity index (χ4n) is 3.12. The number of rotatable bonds is 6. The first-order valence-corrected chi connectivity index (χ1v) is 10.0. The minimum absolute atomic E-state index is 0.0534. The van der Waals surface area contributed by atoms with Gasteiger partial charge in [0.25, 0.3) is 0 Å². The monoisotopic (exact) mass is 454 g/mol. The largest absolute Gasteiger partial charge is 0.497 e. The van der Waals surface area contributed by atoms with Crippen LogP contribution in [0.1, 0.15) is 10.4 Å². The molecule has 7 heteroatoms. The first-order chi connectivity index (χ1) is 15.0. The molecule has 1 aromatic heterocycles. The minimum Gasteiger partial charge on any atom is -0.497 e. The lowest BCUT2D eigenvalue weighted by Crippen LogP contribution is -2.17. The molecule has 1 heterocycles. The van der Waals surface area contributed by atoms with Crippen molar-refractivity contribution >= 4 is 40.0 Å². The Labute approximate surface area is 187 Å². The molecule has 0 unspecified atom stereocenters. The summed E-state index contributed by atoms with van der Waals surface area (Å²) in [5.41, 5.74) is 0.901. The second-order valence-corrected chi connectivity index (χ2v) is 7.49. The van der Waals surface area contributed by atoms with Crippen LogP contribution in [0.4, 0.5) is 0 Å². The highest BCUT2D eigenvalue weighted by Gasteiger charge is 2.20. The Morgan fingerprint density at radius 3 is 2.45 bits per heavy atom. The fourth-order valence-corrected chi connectivity index (χ4v) is 3.63. The number of benzene rings is 3. The van der Waals surface area contributed by atoms with Gasteiger partial charge in [0.05, 0.1) is 17.5 Å². The predicted molar refractivity (Wildman–Crippen MR) is 121 cm³/mol.